The van der Waals surface area contributed by atoms with Crippen molar-refractivity contribution >= 4 is 5.78 Å². The zero-order valence-electron chi connectivity index (χ0n) is 10.1. The highest BCUT2D eigenvalue weighted by atomic mass is 16.5. The van der Waals surface area contributed by atoms with E-state index in [4.69, 9.17) is 4.52 Å². The first-order valence-electron chi connectivity index (χ1n) is 5.87. The van der Waals surface area contributed by atoms with E-state index in [0.717, 1.165) is 18.7 Å². The van der Waals surface area contributed by atoms with Crippen LogP contribution in [0.25, 0.3) is 0 Å². The summed E-state index contributed by atoms with van der Waals surface area (Å²) in [6.07, 6.45) is 2.85. The lowest BCUT2D eigenvalue weighted by Crippen LogP contribution is -2.02. The molecule has 1 aromatic rings. The smallest absolute Gasteiger partial charge is 0.234 e. The van der Waals surface area contributed by atoms with Crippen LogP contribution in [0, 0.1) is 5.41 Å². The van der Waals surface area contributed by atoms with Crippen LogP contribution in [0.5, 0.6) is 0 Å². The maximum absolute atomic E-state index is 11.4. The van der Waals surface area contributed by atoms with E-state index in [0.29, 0.717) is 23.6 Å². The SMILES string of the molecule is CCCC(=O)Cc1nc(C2CC2(C)C)no1. The van der Waals surface area contributed by atoms with Gasteiger partial charge in [-0.05, 0) is 18.3 Å². The third-order valence-electron chi connectivity index (χ3n) is 3.19. The van der Waals surface area contributed by atoms with Gasteiger partial charge in [0.1, 0.15) is 5.78 Å². The van der Waals surface area contributed by atoms with Gasteiger partial charge < -0.3 is 4.52 Å². The molecular weight excluding hydrogens is 204 g/mol. The van der Waals surface area contributed by atoms with Crippen molar-refractivity contribution in [3.05, 3.63) is 11.7 Å². The molecule has 4 nitrogen and oxygen atoms in total. The molecule has 88 valence electrons. The Morgan fingerprint density at radius 1 is 1.56 bits per heavy atom. The van der Waals surface area contributed by atoms with Crippen LogP contribution in [-0.4, -0.2) is 15.9 Å². The van der Waals surface area contributed by atoms with Gasteiger partial charge in [0.25, 0.3) is 0 Å². The monoisotopic (exact) mass is 222 g/mol. The van der Waals surface area contributed by atoms with Crippen LogP contribution in [0.3, 0.4) is 0 Å². The van der Waals surface area contributed by atoms with Gasteiger partial charge in [0.15, 0.2) is 5.82 Å². The summed E-state index contributed by atoms with van der Waals surface area (Å²) >= 11 is 0. The third kappa shape index (κ3) is 2.31. The fourth-order valence-corrected chi connectivity index (χ4v) is 1.93. The van der Waals surface area contributed by atoms with Crippen molar-refractivity contribution in [3.8, 4) is 0 Å². The second-order valence-corrected chi connectivity index (χ2v) is 5.26. The number of aromatic nitrogens is 2. The van der Waals surface area contributed by atoms with Gasteiger partial charge >= 0.3 is 0 Å². The van der Waals surface area contributed by atoms with Gasteiger partial charge in [-0.15, -0.1) is 0 Å². The van der Waals surface area contributed by atoms with Gasteiger partial charge in [0, 0.05) is 12.3 Å². The first-order chi connectivity index (χ1) is 7.53. The molecule has 1 saturated carbocycles. The van der Waals surface area contributed by atoms with E-state index in [2.05, 4.69) is 24.0 Å². The topological polar surface area (TPSA) is 56.0 Å². The van der Waals surface area contributed by atoms with Crippen LogP contribution in [-0.2, 0) is 11.2 Å². The molecule has 0 spiro atoms. The van der Waals surface area contributed by atoms with E-state index in [1.165, 1.54) is 0 Å². The van der Waals surface area contributed by atoms with E-state index in [1.54, 1.807) is 0 Å². The second-order valence-electron chi connectivity index (χ2n) is 5.26. The summed E-state index contributed by atoms with van der Waals surface area (Å²) in [5, 5.41) is 3.95. The zero-order chi connectivity index (χ0) is 11.8. The van der Waals surface area contributed by atoms with Crippen molar-refractivity contribution in [2.24, 2.45) is 5.41 Å². The summed E-state index contributed by atoms with van der Waals surface area (Å²) in [7, 11) is 0. The Morgan fingerprint density at radius 3 is 2.81 bits per heavy atom. The lowest BCUT2D eigenvalue weighted by molar-refractivity contribution is -0.118. The molecule has 1 unspecified atom stereocenters. The first-order valence-corrected chi connectivity index (χ1v) is 5.87. The largest absolute Gasteiger partial charge is 0.339 e. The number of rotatable bonds is 5. The van der Waals surface area contributed by atoms with Gasteiger partial charge in [-0.25, -0.2) is 0 Å². The molecule has 1 aromatic heterocycles. The van der Waals surface area contributed by atoms with E-state index in [-0.39, 0.29) is 12.2 Å². The fraction of sp³-hybridized carbons (Fsp3) is 0.750. The molecule has 1 aliphatic carbocycles. The van der Waals surface area contributed by atoms with Crippen molar-refractivity contribution in [1.29, 1.82) is 0 Å². The van der Waals surface area contributed by atoms with Gasteiger partial charge in [-0.3, -0.25) is 4.79 Å². The number of ketones is 1. The number of hydrogen-bond donors (Lipinski definition) is 0. The molecule has 4 heteroatoms. The molecule has 0 aliphatic heterocycles. The minimum absolute atomic E-state index is 0.174. The maximum atomic E-state index is 11.4. The number of hydrogen-bond acceptors (Lipinski definition) is 4. The molecule has 1 heterocycles. The van der Waals surface area contributed by atoms with Crippen molar-refractivity contribution in [3.63, 3.8) is 0 Å². The standard InChI is InChI=1S/C12H18N2O2/c1-4-5-8(15)6-10-13-11(14-16-10)9-7-12(9,2)3/h9H,4-7H2,1-3H3. The Morgan fingerprint density at radius 2 is 2.25 bits per heavy atom. The quantitative estimate of drug-likeness (QED) is 0.768. The molecule has 1 fully saturated rings. The molecule has 0 amide bonds. The van der Waals surface area contributed by atoms with Crippen molar-refractivity contribution in [1.82, 2.24) is 10.1 Å². The molecule has 0 bridgehead atoms. The molecule has 1 atom stereocenters. The summed E-state index contributed by atoms with van der Waals surface area (Å²) < 4.78 is 5.09. The van der Waals surface area contributed by atoms with Crippen LogP contribution >= 0.6 is 0 Å². The Labute approximate surface area is 95.4 Å². The van der Waals surface area contributed by atoms with Crippen molar-refractivity contribution in [2.75, 3.05) is 0 Å². The lowest BCUT2D eigenvalue weighted by Gasteiger charge is -1.95. The molecular formula is C12H18N2O2. The number of carbonyl (C=O) groups excluding carboxylic acids is 1. The highest BCUT2D eigenvalue weighted by Gasteiger charge is 2.49. The minimum atomic E-state index is 0.174. The Hall–Kier alpha value is -1.19. The highest BCUT2D eigenvalue weighted by Crippen LogP contribution is 2.57. The molecule has 0 radical (unpaired) electrons. The summed E-state index contributed by atoms with van der Waals surface area (Å²) in [5.41, 5.74) is 0.300. The second kappa shape index (κ2) is 4.00. The van der Waals surface area contributed by atoms with Crippen LogP contribution in [0.2, 0.25) is 0 Å². The first kappa shape index (κ1) is 11.3. The normalized spacial score (nSPS) is 22.1. The van der Waals surface area contributed by atoms with Gasteiger partial charge in [-0.1, -0.05) is 25.9 Å². The average molecular weight is 222 g/mol. The Bertz CT molecular complexity index is 395. The Balaban J connectivity index is 1.96. The summed E-state index contributed by atoms with van der Waals surface area (Å²) in [4.78, 5) is 15.7. The predicted octanol–water partition coefficient (Wildman–Crippen LogP) is 2.49. The maximum Gasteiger partial charge on any atom is 0.234 e. The summed E-state index contributed by atoms with van der Waals surface area (Å²) in [5.74, 6) is 1.82. The van der Waals surface area contributed by atoms with E-state index < -0.39 is 0 Å². The molecule has 16 heavy (non-hydrogen) atoms. The highest BCUT2D eigenvalue weighted by molar-refractivity contribution is 5.79. The molecule has 0 saturated heterocycles. The molecule has 0 N–H and O–H groups in total. The molecule has 2 rings (SSSR count). The van der Waals surface area contributed by atoms with Crippen molar-refractivity contribution < 1.29 is 9.32 Å². The predicted molar refractivity (Wildman–Crippen MR) is 59.1 cm³/mol. The molecule has 1 aliphatic rings. The Kier molecular flexibility index (Phi) is 2.82. The van der Waals surface area contributed by atoms with Crippen LogP contribution in [0.4, 0.5) is 0 Å². The van der Waals surface area contributed by atoms with E-state index in [1.807, 2.05) is 6.92 Å². The van der Waals surface area contributed by atoms with Gasteiger partial charge in [-0.2, -0.15) is 4.98 Å². The van der Waals surface area contributed by atoms with E-state index >= 15 is 0 Å². The number of carbonyl (C=O) groups is 1. The number of Topliss-reactive ketones (excluding diaryl/α,β-unsaturated/α-hetero) is 1. The number of nitrogens with zero attached hydrogens (tertiary/aromatic N) is 2. The fourth-order valence-electron chi connectivity index (χ4n) is 1.93. The summed E-state index contributed by atoms with van der Waals surface area (Å²) in [6.45, 7) is 6.37. The third-order valence-corrected chi connectivity index (χ3v) is 3.19. The average Bonchev–Trinajstić information content (AvgIpc) is 2.63. The lowest BCUT2D eigenvalue weighted by atomic mass is 10.1. The van der Waals surface area contributed by atoms with Crippen LogP contribution < -0.4 is 0 Å². The van der Waals surface area contributed by atoms with Crippen molar-refractivity contribution in [2.45, 2.75) is 52.4 Å². The van der Waals surface area contributed by atoms with Crippen LogP contribution in [0.1, 0.15) is 57.7 Å². The van der Waals surface area contributed by atoms with E-state index in [9.17, 15) is 4.79 Å². The zero-order valence-corrected chi connectivity index (χ0v) is 10.1. The molecule has 0 aromatic carbocycles. The van der Waals surface area contributed by atoms with Crippen LogP contribution in [0.15, 0.2) is 4.52 Å². The minimum Gasteiger partial charge on any atom is -0.339 e. The van der Waals surface area contributed by atoms with Gasteiger partial charge in [0.05, 0.1) is 6.42 Å². The summed E-state index contributed by atoms with van der Waals surface area (Å²) in [6, 6.07) is 0. The van der Waals surface area contributed by atoms with Gasteiger partial charge in [0.2, 0.25) is 5.89 Å².